The summed E-state index contributed by atoms with van der Waals surface area (Å²) in [7, 11) is 1.68. The van der Waals surface area contributed by atoms with Crippen molar-refractivity contribution in [3.8, 4) is 11.4 Å². The van der Waals surface area contributed by atoms with Crippen molar-refractivity contribution in [3.05, 3.63) is 58.9 Å². The van der Waals surface area contributed by atoms with Gasteiger partial charge in [-0.2, -0.15) is 4.68 Å². The molecule has 1 aliphatic rings. The van der Waals surface area contributed by atoms with E-state index in [9.17, 15) is 0 Å². The summed E-state index contributed by atoms with van der Waals surface area (Å²) in [6.45, 7) is 1.99. The summed E-state index contributed by atoms with van der Waals surface area (Å²) < 4.78 is 7.22. The third kappa shape index (κ3) is 3.44. The first-order chi connectivity index (χ1) is 13.6. The van der Waals surface area contributed by atoms with Crippen LogP contribution in [0.15, 0.2) is 42.5 Å². The van der Waals surface area contributed by atoms with Gasteiger partial charge in [-0.1, -0.05) is 43.0 Å². The average molecular weight is 398 g/mol. The largest absolute Gasteiger partial charge is 0.497 e. The predicted octanol–water partition coefficient (Wildman–Crippen LogP) is 4.90. The highest BCUT2D eigenvalue weighted by atomic mass is 35.5. The standard InChI is InChI=1S/C21H24ClN5O/c1-15-18(22)10-7-11-19(15)27-20(24-25-26-27)21(12-4-3-5-13-21)23-16-8-6-9-17(14-16)28-2/h6-11,14,23H,3-5,12-13H2,1-2H3. The summed E-state index contributed by atoms with van der Waals surface area (Å²) in [5, 5.41) is 17.2. The number of rotatable bonds is 5. The summed E-state index contributed by atoms with van der Waals surface area (Å²) >= 11 is 6.36. The molecule has 1 aliphatic carbocycles. The lowest BCUT2D eigenvalue weighted by atomic mass is 9.80. The summed E-state index contributed by atoms with van der Waals surface area (Å²) in [4.78, 5) is 0. The number of benzene rings is 2. The Morgan fingerprint density at radius 2 is 1.89 bits per heavy atom. The van der Waals surface area contributed by atoms with Crippen LogP contribution in [-0.4, -0.2) is 27.3 Å². The molecule has 0 bridgehead atoms. The summed E-state index contributed by atoms with van der Waals surface area (Å²) in [5.41, 5.74) is 2.52. The maximum atomic E-state index is 6.36. The minimum Gasteiger partial charge on any atom is -0.497 e. The van der Waals surface area contributed by atoms with Crippen LogP contribution in [0.2, 0.25) is 5.02 Å². The fourth-order valence-electron chi connectivity index (χ4n) is 4.01. The lowest BCUT2D eigenvalue weighted by Gasteiger charge is -2.37. The van der Waals surface area contributed by atoms with E-state index in [0.717, 1.165) is 54.2 Å². The molecule has 0 atom stereocenters. The molecule has 0 amide bonds. The van der Waals surface area contributed by atoms with E-state index in [4.69, 9.17) is 16.3 Å². The van der Waals surface area contributed by atoms with Crippen LogP contribution < -0.4 is 10.1 Å². The van der Waals surface area contributed by atoms with Gasteiger partial charge in [0.25, 0.3) is 0 Å². The number of ether oxygens (including phenoxy) is 1. The minimum atomic E-state index is -0.344. The summed E-state index contributed by atoms with van der Waals surface area (Å²) in [6, 6.07) is 13.8. The molecule has 28 heavy (non-hydrogen) atoms. The van der Waals surface area contributed by atoms with Crippen molar-refractivity contribution < 1.29 is 4.74 Å². The van der Waals surface area contributed by atoms with Crippen molar-refractivity contribution in [1.29, 1.82) is 0 Å². The molecule has 0 saturated heterocycles. The third-order valence-electron chi connectivity index (χ3n) is 5.53. The van der Waals surface area contributed by atoms with Crippen LogP contribution in [0.5, 0.6) is 5.75 Å². The molecule has 4 rings (SSSR count). The smallest absolute Gasteiger partial charge is 0.181 e. The number of methoxy groups -OCH3 is 1. The molecule has 1 heterocycles. The van der Waals surface area contributed by atoms with Gasteiger partial charge in [-0.25, -0.2) is 0 Å². The summed E-state index contributed by atoms with van der Waals surface area (Å²) in [5.74, 6) is 1.64. The number of nitrogens with zero attached hydrogens (tertiary/aromatic N) is 4. The van der Waals surface area contributed by atoms with Crippen LogP contribution in [0.4, 0.5) is 5.69 Å². The van der Waals surface area contributed by atoms with Crippen molar-refractivity contribution in [2.45, 2.75) is 44.6 Å². The molecule has 0 spiro atoms. The second-order valence-corrected chi connectivity index (χ2v) is 7.71. The zero-order valence-corrected chi connectivity index (χ0v) is 16.9. The van der Waals surface area contributed by atoms with Crippen LogP contribution in [0.25, 0.3) is 5.69 Å². The van der Waals surface area contributed by atoms with E-state index in [1.54, 1.807) is 7.11 Å². The molecule has 6 nitrogen and oxygen atoms in total. The average Bonchev–Trinajstić information content (AvgIpc) is 3.21. The SMILES string of the molecule is COc1cccc(NC2(c3nnnn3-c3cccc(Cl)c3C)CCCCC2)c1. The second kappa shape index (κ2) is 7.80. The molecule has 3 aromatic rings. The van der Waals surface area contributed by atoms with Crippen molar-refractivity contribution in [2.24, 2.45) is 0 Å². The highest BCUT2D eigenvalue weighted by Gasteiger charge is 2.39. The highest BCUT2D eigenvalue weighted by molar-refractivity contribution is 6.31. The number of aromatic nitrogens is 4. The number of hydrogen-bond acceptors (Lipinski definition) is 5. The Morgan fingerprint density at radius 3 is 2.68 bits per heavy atom. The normalized spacial score (nSPS) is 16.0. The fraction of sp³-hybridized carbons (Fsp3) is 0.381. The molecule has 1 fully saturated rings. The van der Waals surface area contributed by atoms with Crippen molar-refractivity contribution >= 4 is 17.3 Å². The van der Waals surface area contributed by atoms with Crippen LogP contribution in [0.1, 0.15) is 43.5 Å². The molecule has 1 aromatic heterocycles. The Kier molecular flexibility index (Phi) is 5.22. The maximum absolute atomic E-state index is 6.36. The van der Waals surface area contributed by atoms with E-state index in [0.29, 0.717) is 5.02 Å². The van der Waals surface area contributed by atoms with Crippen LogP contribution >= 0.6 is 11.6 Å². The first-order valence-electron chi connectivity index (χ1n) is 9.59. The first kappa shape index (κ1) is 18.7. The summed E-state index contributed by atoms with van der Waals surface area (Å²) in [6.07, 6.45) is 5.39. The van der Waals surface area contributed by atoms with Gasteiger partial charge in [0.15, 0.2) is 5.82 Å². The third-order valence-corrected chi connectivity index (χ3v) is 5.93. The molecule has 0 aliphatic heterocycles. The number of hydrogen-bond donors (Lipinski definition) is 1. The van der Waals surface area contributed by atoms with Crippen LogP contribution in [0.3, 0.4) is 0 Å². The van der Waals surface area contributed by atoms with E-state index < -0.39 is 0 Å². The van der Waals surface area contributed by atoms with Crippen LogP contribution in [-0.2, 0) is 5.54 Å². The molecular formula is C21H24ClN5O. The number of nitrogens with one attached hydrogen (secondary N) is 1. The van der Waals surface area contributed by atoms with Gasteiger partial charge in [-0.15, -0.1) is 5.10 Å². The predicted molar refractivity (Wildman–Crippen MR) is 110 cm³/mol. The van der Waals surface area contributed by atoms with Crippen LogP contribution in [0, 0.1) is 6.92 Å². The van der Waals surface area contributed by atoms with E-state index in [1.807, 2.05) is 48.0 Å². The van der Waals surface area contributed by atoms with E-state index in [-0.39, 0.29) is 5.54 Å². The van der Waals surface area contributed by atoms with Crippen molar-refractivity contribution in [2.75, 3.05) is 12.4 Å². The quantitative estimate of drug-likeness (QED) is 0.663. The number of halogens is 1. The Bertz CT molecular complexity index is 965. The Balaban J connectivity index is 1.79. The van der Waals surface area contributed by atoms with Gasteiger partial charge in [0.2, 0.25) is 0 Å². The molecule has 1 N–H and O–H groups in total. The molecule has 2 aromatic carbocycles. The number of anilines is 1. The topological polar surface area (TPSA) is 64.9 Å². The molecular weight excluding hydrogens is 374 g/mol. The van der Waals surface area contributed by atoms with Gasteiger partial charge in [-0.3, -0.25) is 0 Å². The highest BCUT2D eigenvalue weighted by Crippen LogP contribution is 2.40. The van der Waals surface area contributed by atoms with Gasteiger partial charge in [0.05, 0.1) is 18.3 Å². The molecule has 0 radical (unpaired) electrons. The molecule has 146 valence electrons. The minimum absolute atomic E-state index is 0.344. The van der Waals surface area contributed by atoms with E-state index >= 15 is 0 Å². The van der Waals surface area contributed by atoms with Gasteiger partial charge < -0.3 is 10.1 Å². The second-order valence-electron chi connectivity index (χ2n) is 7.30. The van der Waals surface area contributed by atoms with Gasteiger partial charge in [0.1, 0.15) is 5.75 Å². The molecule has 0 unspecified atom stereocenters. The van der Waals surface area contributed by atoms with E-state index in [1.165, 1.54) is 6.42 Å². The van der Waals surface area contributed by atoms with Gasteiger partial charge in [0, 0.05) is 16.8 Å². The lowest BCUT2D eigenvalue weighted by Crippen LogP contribution is -2.40. The van der Waals surface area contributed by atoms with Crippen molar-refractivity contribution in [3.63, 3.8) is 0 Å². The maximum Gasteiger partial charge on any atom is 0.181 e. The Morgan fingerprint density at radius 1 is 1.11 bits per heavy atom. The van der Waals surface area contributed by atoms with Crippen molar-refractivity contribution in [1.82, 2.24) is 20.2 Å². The van der Waals surface area contributed by atoms with Gasteiger partial charge in [-0.05, 0) is 60.0 Å². The fourth-order valence-corrected chi connectivity index (χ4v) is 4.18. The Hall–Kier alpha value is -2.60. The zero-order chi connectivity index (χ0) is 19.6. The monoisotopic (exact) mass is 397 g/mol. The number of tetrazole rings is 1. The Labute approximate surface area is 169 Å². The lowest BCUT2D eigenvalue weighted by molar-refractivity contribution is 0.309. The molecule has 1 saturated carbocycles. The zero-order valence-electron chi connectivity index (χ0n) is 16.2. The van der Waals surface area contributed by atoms with E-state index in [2.05, 4.69) is 26.9 Å². The molecule has 7 heteroatoms. The van der Waals surface area contributed by atoms with Gasteiger partial charge >= 0.3 is 0 Å². The first-order valence-corrected chi connectivity index (χ1v) is 9.97.